The number of hydrogen-bond acceptors (Lipinski definition) is 3. The molecule has 1 aliphatic carbocycles. The molecule has 20 heavy (non-hydrogen) atoms. The van der Waals surface area contributed by atoms with Crippen LogP contribution in [0.5, 0.6) is 0 Å². The molecule has 0 unspecified atom stereocenters. The summed E-state index contributed by atoms with van der Waals surface area (Å²) in [6.07, 6.45) is 5.02. The zero-order valence-corrected chi connectivity index (χ0v) is 11.5. The number of aromatic amines is 1. The van der Waals surface area contributed by atoms with Gasteiger partial charge in [0.1, 0.15) is 5.56 Å². The number of hydrogen-bond donors (Lipinski definition) is 2. The second kappa shape index (κ2) is 5.79. The summed E-state index contributed by atoms with van der Waals surface area (Å²) < 4.78 is 5.39. The van der Waals surface area contributed by atoms with E-state index in [9.17, 15) is 9.59 Å². The fourth-order valence-electron chi connectivity index (χ4n) is 2.98. The summed E-state index contributed by atoms with van der Waals surface area (Å²) in [6.45, 7) is 2.09. The van der Waals surface area contributed by atoms with Crippen LogP contribution >= 0.6 is 0 Å². The molecule has 1 aliphatic heterocycles. The van der Waals surface area contributed by atoms with Crippen LogP contribution in [0.4, 0.5) is 0 Å². The lowest BCUT2D eigenvalue weighted by Gasteiger charge is -2.22. The van der Waals surface area contributed by atoms with E-state index in [0.717, 1.165) is 50.0 Å². The highest BCUT2D eigenvalue weighted by Crippen LogP contribution is 2.19. The predicted molar refractivity (Wildman–Crippen MR) is 75.0 cm³/mol. The maximum Gasteiger partial charge on any atom is 0.261 e. The maximum atomic E-state index is 12.1. The largest absolute Gasteiger partial charge is 0.381 e. The Morgan fingerprint density at radius 2 is 2.30 bits per heavy atom. The van der Waals surface area contributed by atoms with Crippen molar-refractivity contribution in [1.29, 1.82) is 0 Å². The number of rotatable bonds is 3. The normalized spacial score (nSPS) is 21.5. The minimum absolute atomic E-state index is 0.238. The average molecular weight is 276 g/mol. The standard InChI is InChI=1S/C15H20N2O3/c18-14(16-8-10-3-2-6-20-9-10)12-7-11-4-1-5-13(11)17-15(12)19/h7,10H,1-6,8-9H2,(H,16,18)(H,17,19)/t10-/m1/s1. The second-order valence-corrected chi connectivity index (χ2v) is 5.66. The van der Waals surface area contributed by atoms with Gasteiger partial charge in [0.15, 0.2) is 0 Å². The highest BCUT2D eigenvalue weighted by molar-refractivity contribution is 5.94. The van der Waals surface area contributed by atoms with E-state index >= 15 is 0 Å². The molecule has 0 saturated carbocycles. The minimum atomic E-state index is -0.275. The number of pyridine rings is 1. The Labute approximate surface area is 117 Å². The number of amides is 1. The van der Waals surface area contributed by atoms with Crippen LogP contribution in [0.3, 0.4) is 0 Å². The van der Waals surface area contributed by atoms with Crippen LogP contribution in [0.25, 0.3) is 0 Å². The van der Waals surface area contributed by atoms with Gasteiger partial charge in [-0.3, -0.25) is 9.59 Å². The summed E-state index contributed by atoms with van der Waals surface area (Å²) >= 11 is 0. The molecule has 5 nitrogen and oxygen atoms in total. The summed E-state index contributed by atoms with van der Waals surface area (Å²) in [7, 11) is 0. The van der Waals surface area contributed by atoms with Gasteiger partial charge in [0.05, 0.1) is 6.61 Å². The van der Waals surface area contributed by atoms with Crippen molar-refractivity contribution in [2.45, 2.75) is 32.1 Å². The first-order valence-electron chi connectivity index (χ1n) is 7.35. The van der Waals surface area contributed by atoms with Crippen molar-refractivity contribution in [1.82, 2.24) is 10.3 Å². The zero-order valence-electron chi connectivity index (χ0n) is 11.5. The van der Waals surface area contributed by atoms with E-state index in [0.29, 0.717) is 19.1 Å². The molecule has 1 aromatic rings. The van der Waals surface area contributed by atoms with E-state index in [1.165, 1.54) is 0 Å². The first-order valence-corrected chi connectivity index (χ1v) is 7.35. The molecule has 1 fully saturated rings. The molecule has 2 heterocycles. The Bertz CT molecular complexity index is 559. The predicted octanol–water partition coefficient (Wildman–Crippen LogP) is 1.02. The molecule has 108 valence electrons. The van der Waals surface area contributed by atoms with Crippen molar-refractivity contribution < 1.29 is 9.53 Å². The molecule has 5 heteroatoms. The van der Waals surface area contributed by atoms with Crippen molar-refractivity contribution in [2.75, 3.05) is 19.8 Å². The molecule has 0 spiro atoms. The van der Waals surface area contributed by atoms with E-state index < -0.39 is 0 Å². The summed E-state index contributed by atoms with van der Waals surface area (Å²) in [5.74, 6) is 0.0905. The lowest BCUT2D eigenvalue weighted by Crippen LogP contribution is -2.36. The van der Waals surface area contributed by atoms with Gasteiger partial charge in [0.2, 0.25) is 0 Å². The summed E-state index contributed by atoms with van der Waals surface area (Å²) in [4.78, 5) is 26.9. The van der Waals surface area contributed by atoms with Crippen LogP contribution < -0.4 is 10.9 Å². The van der Waals surface area contributed by atoms with Crippen LogP contribution in [0, 0.1) is 5.92 Å². The number of nitrogens with one attached hydrogen (secondary N) is 2. The number of carbonyl (C=O) groups is 1. The Kier molecular flexibility index (Phi) is 3.87. The van der Waals surface area contributed by atoms with Crippen molar-refractivity contribution in [3.8, 4) is 0 Å². The van der Waals surface area contributed by atoms with Gasteiger partial charge in [-0.15, -0.1) is 0 Å². The smallest absolute Gasteiger partial charge is 0.261 e. The molecule has 1 saturated heterocycles. The molecular formula is C15H20N2O3. The van der Waals surface area contributed by atoms with Gasteiger partial charge in [0, 0.05) is 18.8 Å². The van der Waals surface area contributed by atoms with E-state index in [2.05, 4.69) is 10.3 Å². The Morgan fingerprint density at radius 1 is 1.40 bits per heavy atom. The summed E-state index contributed by atoms with van der Waals surface area (Å²) in [5.41, 5.74) is 2.06. The van der Waals surface area contributed by atoms with Gasteiger partial charge < -0.3 is 15.0 Å². The molecule has 3 rings (SSSR count). The van der Waals surface area contributed by atoms with Crippen molar-refractivity contribution in [2.24, 2.45) is 5.92 Å². The van der Waals surface area contributed by atoms with E-state index in [-0.39, 0.29) is 17.0 Å². The average Bonchev–Trinajstić information content (AvgIpc) is 2.92. The Hall–Kier alpha value is -1.62. The SMILES string of the molecule is O=C(NC[C@H]1CCCOC1)c1cc2c([nH]c1=O)CCC2. The van der Waals surface area contributed by atoms with Gasteiger partial charge in [-0.2, -0.15) is 0 Å². The quantitative estimate of drug-likeness (QED) is 0.866. The van der Waals surface area contributed by atoms with Gasteiger partial charge in [-0.25, -0.2) is 0 Å². The van der Waals surface area contributed by atoms with Crippen molar-refractivity contribution >= 4 is 5.91 Å². The van der Waals surface area contributed by atoms with Crippen LogP contribution in [-0.4, -0.2) is 30.6 Å². The number of H-pyrrole nitrogens is 1. The Morgan fingerprint density at radius 3 is 3.10 bits per heavy atom. The first-order chi connectivity index (χ1) is 9.74. The number of aromatic nitrogens is 1. The minimum Gasteiger partial charge on any atom is -0.381 e. The first kappa shape index (κ1) is 13.4. The molecule has 1 atom stereocenters. The van der Waals surface area contributed by atoms with Crippen LogP contribution in [0.2, 0.25) is 0 Å². The van der Waals surface area contributed by atoms with Crippen LogP contribution in [-0.2, 0) is 17.6 Å². The molecule has 2 N–H and O–H groups in total. The third-order valence-corrected chi connectivity index (χ3v) is 4.14. The molecule has 1 amide bonds. The molecule has 1 aromatic heterocycles. The number of carbonyl (C=O) groups excluding carboxylic acids is 1. The highest BCUT2D eigenvalue weighted by Gasteiger charge is 2.19. The fraction of sp³-hybridized carbons (Fsp3) is 0.600. The molecule has 0 aromatic carbocycles. The number of ether oxygens (including phenoxy) is 1. The maximum absolute atomic E-state index is 12.1. The number of aryl methyl sites for hydroxylation is 2. The summed E-state index contributed by atoms with van der Waals surface area (Å²) in [5, 5.41) is 2.86. The fourth-order valence-corrected chi connectivity index (χ4v) is 2.98. The lowest BCUT2D eigenvalue weighted by molar-refractivity contribution is 0.0536. The van der Waals surface area contributed by atoms with E-state index in [1.807, 2.05) is 0 Å². The van der Waals surface area contributed by atoms with Gasteiger partial charge >= 0.3 is 0 Å². The van der Waals surface area contributed by atoms with Crippen LogP contribution in [0.15, 0.2) is 10.9 Å². The van der Waals surface area contributed by atoms with Crippen molar-refractivity contribution in [3.05, 3.63) is 33.2 Å². The van der Waals surface area contributed by atoms with Gasteiger partial charge in [0.25, 0.3) is 11.5 Å². The van der Waals surface area contributed by atoms with E-state index in [4.69, 9.17) is 4.74 Å². The summed E-state index contributed by atoms with van der Waals surface area (Å²) in [6, 6.07) is 1.76. The third-order valence-electron chi connectivity index (χ3n) is 4.14. The highest BCUT2D eigenvalue weighted by atomic mass is 16.5. The topological polar surface area (TPSA) is 71.2 Å². The molecule has 2 aliphatic rings. The number of fused-ring (bicyclic) bond motifs is 1. The lowest BCUT2D eigenvalue weighted by atomic mass is 10.0. The van der Waals surface area contributed by atoms with Crippen molar-refractivity contribution in [3.63, 3.8) is 0 Å². The van der Waals surface area contributed by atoms with E-state index in [1.54, 1.807) is 6.07 Å². The third kappa shape index (κ3) is 2.77. The zero-order chi connectivity index (χ0) is 13.9. The molecule has 0 bridgehead atoms. The second-order valence-electron chi connectivity index (χ2n) is 5.66. The van der Waals surface area contributed by atoms with Gasteiger partial charge in [-0.05, 0) is 49.7 Å². The molecule has 0 radical (unpaired) electrons. The van der Waals surface area contributed by atoms with Crippen LogP contribution in [0.1, 0.15) is 40.9 Å². The molecular weight excluding hydrogens is 256 g/mol. The van der Waals surface area contributed by atoms with Gasteiger partial charge in [-0.1, -0.05) is 0 Å². The monoisotopic (exact) mass is 276 g/mol. The Balaban J connectivity index is 1.66.